The Bertz CT molecular complexity index is 613. The van der Waals surface area contributed by atoms with Crippen molar-refractivity contribution in [2.24, 2.45) is 0 Å². The average Bonchev–Trinajstić information content (AvgIpc) is 3.25. The van der Waals surface area contributed by atoms with Crippen LogP contribution >= 0.6 is 23.4 Å². The van der Waals surface area contributed by atoms with Crippen molar-refractivity contribution in [2.75, 3.05) is 0 Å². The monoisotopic (exact) mass is 307 g/mol. The van der Waals surface area contributed by atoms with Gasteiger partial charge in [0, 0.05) is 27.4 Å². The van der Waals surface area contributed by atoms with Crippen LogP contribution in [0.3, 0.4) is 0 Å². The number of rotatable bonds is 5. The first-order chi connectivity index (χ1) is 9.74. The Labute approximate surface area is 127 Å². The van der Waals surface area contributed by atoms with E-state index >= 15 is 0 Å². The van der Waals surface area contributed by atoms with Crippen molar-refractivity contribution in [3.8, 4) is 0 Å². The molecular weight excluding hydrogens is 293 g/mol. The van der Waals surface area contributed by atoms with Crippen molar-refractivity contribution < 1.29 is 4.39 Å². The van der Waals surface area contributed by atoms with E-state index in [4.69, 9.17) is 11.6 Å². The number of hydrogen-bond acceptors (Lipinski definition) is 2. The number of hydrogen-bond donors (Lipinski definition) is 1. The summed E-state index contributed by atoms with van der Waals surface area (Å²) in [5.41, 5.74) is 1.05. The molecule has 0 heterocycles. The summed E-state index contributed by atoms with van der Waals surface area (Å²) >= 11 is 7.72. The minimum Gasteiger partial charge on any atom is -0.310 e. The lowest BCUT2D eigenvalue weighted by Crippen LogP contribution is -2.16. The molecule has 2 aromatic carbocycles. The predicted octanol–water partition coefficient (Wildman–Crippen LogP) is 4.88. The van der Waals surface area contributed by atoms with Gasteiger partial charge in [0.25, 0.3) is 0 Å². The zero-order valence-corrected chi connectivity index (χ0v) is 12.5. The molecule has 1 N–H and O–H groups in total. The fourth-order valence-corrected chi connectivity index (χ4v) is 3.28. The maximum atomic E-state index is 13.8. The van der Waals surface area contributed by atoms with Crippen LogP contribution in [0.2, 0.25) is 5.02 Å². The van der Waals surface area contributed by atoms with E-state index in [-0.39, 0.29) is 5.82 Å². The third kappa shape index (κ3) is 3.35. The number of benzene rings is 2. The van der Waals surface area contributed by atoms with E-state index in [1.165, 1.54) is 30.7 Å². The quantitative estimate of drug-likeness (QED) is 0.844. The van der Waals surface area contributed by atoms with Crippen molar-refractivity contribution in [1.29, 1.82) is 0 Å². The number of nitrogens with one attached hydrogen (secondary N) is 1. The van der Waals surface area contributed by atoms with Gasteiger partial charge in [-0.25, -0.2) is 4.39 Å². The highest BCUT2D eigenvalue weighted by atomic mass is 35.5. The van der Waals surface area contributed by atoms with Crippen LogP contribution in [0.1, 0.15) is 18.4 Å². The van der Waals surface area contributed by atoms with E-state index in [9.17, 15) is 4.39 Å². The van der Waals surface area contributed by atoms with Crippen LogP contribution in [0, 0.1) is 5.82 Å². The fourth-order valence-electron chi connectivity index (χ4n) is 1.99. The molecular formula is C16H15ClFNS. The Morgan fingerprint density at radius 3 is 2.60 bits per heavy atom. The van der Waals surface area contributed by atoms with Crippen LogP contribution in [0.5, 0.6) is 0 Å². The van der Waals surface area contributed by atoms with Crippen LogP contribution in [0.4, 0.5) is 4.39 Å². The van der Waals surface area contributed by atoms with Gasteiger partial charge in [0.1, 0.15) is 5.82 Å². The normalized spacial score (nSPS) is 14.5. The first-order valence-corrected chi connectivity index (χ1v) is 7.86. The molecule has 0 saturated heterocycles. The van der Waals surface area contributed by atoms with Gasteiger partial charge < -0.3 is 5.32 Å². The Morgan fingerprint density at radius 2 is 1.85 bits per heavy atom. The van der Waals surface area contributed by atoms with Crippen LogP contribution in [-0.2, 0) is 6.54 Å². The summed E-state index contributed by atoms with van der Waals surface area (Å²) in [7, 11) is 0. The van der Waals surface area contributed by atoms with E-state index in [0.29, 0.717) is 10.9 Å². The van der Waals surface area contributed by atoms with Gasteiger partial charge in [0.15, 0.2) is 0 Å². The van der Waals surface area contributed by atoms with Gasteiger partial charge in [0.05, 0.1) is 0 Å². The van der Waals surface area contributed by atoms with Crippen molar-refractivity contribution >= 4 is 23.4 Å². The van der Waals surface area contributed by atoms with Crippen molar-refractivity contribution in [3.05, 3.63) is 58.9 Å². The molecule has 1 aliphatic carbocycles. The van der Waals surface area contributed by atoms with Gasteiger partial charge in [-0.1, -0.05) is 41.6 Å². The van der Waals surface area contributed by atoms with Gasteiger partial charge in [-0.05, 0) is 42.7 Å². The molecule has 1 aliphatic rings. The third-order valence-electron chi connectivity index (χ3n) is 3.28. The third-order valence-corrected chi connectivity index (χ3v) is 4.78. The highest BCUT2D eigenvalue weighted by molar-refractivity contribution is 7.99. The standard InChI is InChI=1S/C16H15ClFNS/c17-13-4-3-7-15(12(13)10-19-11-8-9-11)20-16-6-2-1-5-14(16)18/h1-7,11,19H,8-10H2. The lowest BCUT2D eigenvalue weighted by Gasteiger charge is -2.12. The van der Waals surface area contributed by atoms with Gasteiger partial charge in [0.2, 0.25) is 0 Å². The zero-order valence-electron chi connectivity index (χ0n) is 10.9. The Morgan fingerprint density at radius 1 is 1.10 bits per heavy atom. The molecule has 0 atom stereocenters. The lowest BCUT2D eigenvalue weighted by molar-refractivity contribution is 0.602. The molecule has 0 spiro atoms. The second-order valence-electron chi connectivity index (χ2n) is 4.90. The number of halogens is 2. The Kier molecular flexibility index (Phi) is 4.29. The molecule has 4 heteroatoms. The smallest absolute Gasteiger partial charge is 0.137 e. The van der Waals surface area contributed by atoms with E-state index in [1.807, 2.05) is 24.3 Å². The first-order valence-electron chi connectivity index (χ1n) is 6.67. The van der Waals surface area contributed by atoms with E-state index < -0.39 is 0 Å². The summed E-state index contributed by atoms with van der Waals surface area (Å²) in [5, 5.41) is 4.20. The molecule has 1 nitrogen and oxygen atoms in total. The first kappa shape index (κ1) is 13.9. The second kappa shape index (κ2) is 6.17. The van der Waals surface area contributed by atoms with Crippen LogP contribution < -0.4 is 5.32 Å². The van der Waals surface area contributed by atoms with Crippen molar-refractivity contribution in [3.63, 3.8) is 0 Å². The predicted molar refractivity (Wildman–Crippen MR) is 81.8 cm³/mol. The molecule has 0 aliphatic heterocycles. The zero-order chi connectivity index (χ0) is 13.9. The Hall–Kier alpha value is -1.03. The molecule has 0 bridgehead atoms. The lowest BCUT2D eigenvalue weighted by atomic mass is 10.2. The second-order valence-corrected chi connectivity index (χ2v) is 6.40. The summed E-state index contributed by atoms with van der Waals surface area (Å²) in [5.74, 6) is -0.196. The molecule has 0 radical (unpaired) electrons. The average molecular weight is 308 g/mol. The molecule has 20 heavy (non-hydrogen) atoms. The SMILES string of the molecule is Fc1ccccc1Sc1cccc(Cl)c1CNC1CC1. The van der Waals surface area contributed by atoms with Crippen LogP contribution in [0.15, 0.2) is 52.3 Å². The minimum absolute atomic E-state index is 0.196. The molecule has 0 amide bonds. The van der Waals surface area contributed by atoms with Crippen LogP contribution in [-0.4, -0.2) is 6.04 Å². The highest BCUT2D eigenvalue weighted by Crippen LogP contribution is 2.35. The molecule has 0 unspecified atom stereocenters. The molecule has 1 saturated carbocycles. The van der Waals surface area contributed by atoms with Crippen molar-refractivity contribution in [2.45, 2.75) is 35.2 Å². The maximum absolute atomic E-state index is 13.8. The van der Waals surface area contributed by atoms with Gasteiger partial charge in [-0.2, -0.15) is 0 Å². The molecule has 1 fully saturated rings. The topological polar surface area (TPSA) is 12.0 Å². The summed E-state index contributed by atoms with van der Waals surface area (Å²) in [6.07, 6.45) is 2.47. The molecule has 0 aromatic heterocycles. The Balaban J connectivity index is 1.84. The highest BCUT2D eigenvalue weighted by Gasteiger charge is 2.21. The van der Waals surface area contributed by atoms with Gasteiger partial charge in [-0.15, -0.1) is 0 Å². The fraction of sp³-hybridized carbons (Fsp3) is 0.250. The molecule has 2 aromatic rings. The van der Waals surface area contributed by atoms with Crippen LogP contribution in [0.25, 0.3) is 0 Å². The summed E-state index contributed by atoms with van der Waals surface area (Å²) in [6.45, 7) is 0.737. The van der Waals surface area contributed by atoms with Gasteiger partial charge >= 0.3 is 0 Å². The minimum atomic E-state index is -0.196. The van der Waals surface area contributed by atoms with Crippen molar-refractivity contribution in [1.82, 2.24) is 5.32 Å². The maximum Gasteiger partial charge on any atom is 0.137 e. The van der Waals surface area contributed by atoms with E-state index in [1.54, 1.807) is 12.1 Å². The summed E-state index contributed by atoms with van der Waals surface area (Å²) in [4.78, 5) is 1.64. The largest absolute Gasteiger partial charge is 0.310 e. The van der Waals surface area contributed by atoms with E-state index in [0.717, 1.165) is 22.0 Å². The summed E-state index contributed by atoms with van der Waals surface area (Å²) in [6, 6.07) is 13.2. The summed E-state index contributed by atoms with van der Waals surface area (Å²) < 4.78 is 13.8. The van der Waals surface area contributed by atoms with Gasteiger partial charge in [-0.3, -0.25) is 0 Å². The van der Waals surface area contributed by atoms with E-state index in [2.05, 4.69) is 5.32 Å². The molecule has 3 rings (SSSR count). The molecule has 104 valence electrons.